The molecule has 1 aliphatic rings. The van der Waals surface area contributed by atoms with Crippen molar-refractivity contribution in [1.29, 1.82) is 0 Å². The van der Waals surface area contributed by atoms with Gasteiger partial charge >= 0.3 is 12.1 Å². The molecule has 0 aromatic carbocycles. The molecule has 0 aromatic rings. The third-order valence-electron chi connectivity index (χ3n) is 3.18. The number of halogens is 1. The van der Waals surface area contributed by atoms with Crippen molar-refractivity contribution in [3.8, 4) is 0 Å². The first kappa shape index (κ1) is 12.7. The highest BCUT2D eigenvalue weighted by Crippen LogP contribution is 2.44. The smallest absolute Gasteiger partial charge is 0.408 e. The maximum absolute atomic E-state index is 13.4. The number of nitrogens with zero attached hydrogens (tertiary/aromatic N) is 1. The van der Waals surface area contributed by atoms with E-state index < -0.39 is 29.2 Å². The van der Waals surface area contributed by atoms with Crippen LogP contribution in [-0.4, -0.2) is 45.4 Å². The maximum atomic E-state index is 13.4. The Kier molecular flexibility index (Phi) is 2.87. The summed E-state index contributed by atoms with van der Waals surface area (Å²) in [6.07, 6.45) is -3.11. The van der Waals surface area contributed by atoms with Crippen LogP contribution in [0.2, 0.25) is 0 Å². The molecule has 0 aliphatic carbocycles. The van der Waals surface area contributed by atoms with E-state index in [0.717, 1.165) is 0 Å². The Labute approximate surface area is 92.9 Å². The minimum absolute atomic E-state index is 0.294. The summed E-state index contributed by atoms with van der Waals surface area (Å²) in [7, 11) is 0. The number of carboxylic acids is 1. The molecule has 2 atom stereocenters. The Morgan fingerprint density at radius 2 is 1.88 bits per heavy atom. The van der Waals surface area contributed by atoms with Gasteiger partial charge in [0.2, 0.25) is 0 Å². The molecule has 5 nitrogen and oxygen atoms in total. The van der Waals surface area contributed by atoms with Crippen LogP contribution in [0.25, 0.3) is 0 Å². The van der Waals surface area contributed by atoms with Crippen molar-refractivity contribution in [2.45, 2.75) is 38.9 Å². The van der Waals surface area contributed by atoms with Gasteiger partial charge in [-0.15, -0.1) is 0 Å². The van der Waals surface area contributed by atoms with Crippen molar-refractivity contribution in [1.82, 2.24) is 4.90 Å². The van der Waals surface area contributed by atoms with Crippen LogP contribution in [0.15, 0.2) is 0 Å². The Bertz CT molecular complexity index is 325. The normalized spacial score (nSPS) is 30.5. The first-order valence-corrected chi connectivity index (χ1v) is 5.01. The standard InChI is InChI=1S/C10H16FNO4/c1-9(2,3)10(7(13)14)4-6(11)5-12(10)8(15)16/h6H,4-5H2,1-3H3,(H,13,14)(H,15,16)/t6?,10-/m1/s1. The zero-order valence-electron chi connectivity index (χ0n) is 9.53. The highest BCUT2D eigenvalue weighted by atomic mass is 19.1. The number of carbonyl (C=O) groups is 2. The van der Waals surface area contributed by atoms with E-state index >= 15 is 0 Å². The van der Waals surface area contributed by atoms with Gasteiger partial charge in [0.15, 0.2) is 5.54 Å². The van der Waals surface area contributed by atoms with Gasteiger partial charge < -0.3 is 10.2 Å². The zero-order valence-corrected chi connectivity index (χ0v) is 9.53. The number of rotatable bonds is 1. The Morgan fingerprint density at radius 1 is 1.38 bits per heavy atom. The van der Waals surface area contributed by atoms with Crippen molar-refractivity contribution in [2.24, 2.45) is 5.41 Å². The lowest BCUT2D eigenvalue weighted by molar-refractivity contribution is -0.155. The van der Waals surface area contributed by atoms with E-state index in [1.54, 1.807) is 20.8 Å². The van der Waals surface area contributed by atoms with Crippen molar-refractivity contribution in [2.75, 3.05) is 6.54 Å². The summed E-state index contributed by atoms with van der Waals surface area (Å²) < 4.78 is 13.4. The van der Waals surface area contributed by atoms with Crippen molar-refractivity contribution >= 4 is 12.1 Å². The maximum Gasteiger partial charge on any atom is 0.408 e. The molecule has 16 heavy (non-hydrogen) atoms. The number of amides is 1. The Balaban J connectivity index is 3.29. The van der Waals surface area contributed by atoms with Crippen molar-refractivity contribution in [3.63, 3.8) is 0 Å². The first-order valence-electron chi connectivity index (χ1n) is 5.01. The lowest BCUT2D eigenvalue weighted by Crippen LogP contribution is -2.60. The van der Waals surface area contributed by atoms with Gasteiger partial charge in [-0.2, -0.15) is 0 Å². The third kappa shape index (κ3) is 1.62. The SMILES string of the molecule is CC(C)(C)[C@]1(C(=O)O)CC(F)CN1C(=O)O. The van der Waals surface area contributed by atoms with Crippen LogP contribution in [0.3, 0.4) is 0 Å². The quantitative estimate of drug-likeness (QED) is 0.720. The van der Waals surface area contributed by atoms with Gasteiger partial charge in [-0.1, -0.05) is 20.8 Å². The summed E-state index contributed by atoms with van der Waals surface area (Å²) in [5.41, 5.74) is -2.55. The number of likely N-dealkylation sites (tertiary alicyclic amines) is 1. The van der Waals surface area contributed by atoms with E-state index in [2.05, 4.69) is 0 Å². The number of carboxylic acid groups (broad SMARTS) is 2. The molecule has 6 heteroatoms. The largest absolute Gasteiger partial charge is 0.479 e. The molecule has 0 bridgehead atoms. The van der Waals surface area contributed by atoms with Gasteiger partial charge in [0.25, 0.3) is 0 Å². The highest BCUT2D eigenvalue weighted by Gasteiger charge is 2.60. The Morgan fingerprint density at radius 3 is 2.12 bits per heavy atom. The monoisotopic (exact) mass is 233 g/mol. The molecular formula is C10H16FNO4. The van der Waals surface area contributed by atoms with E-state index in [1.165, 1.54) is 0 Å². The highest BCUT2D eigenvalue weighted by molar-refractivity contribution is 5.85. The molecular weight excluding hydrogens is 217 g/mol. The average molecular weight is 233 g/mol. The van der Waals surface area contributed by atoms with Crippen LogP contribution in [0.5, 0.6) is 0 Å². The van der Waals surface area contributed by atoms with Crippen LogP contribution in [0, 0.1) is 5.41 Å². The van der Waals surface area contributed by atoms with Gasteiger partial charge in [0.05, 0.1) is 6.54 Å². The van der Waals surface area contributed by atoms with Crippen LogP contribution in [0.1, 0.15) is 27.2 Å². The fraction of sp³-hybridized carbons (Fsp3) is 0.800. The molecule has 0 aromatic heterocycles. The second-order valence-electron chi connectivity index (χ2n) is 5.11. The van der Waals surface area contributed by atoms with Gasteiger partial charge in [0, 0.05) is 6.42 Å². The molecule has 0 saturated carbocycles. The van der Waals surface area contributed by atoms with Gasteiger partial charge in [0.1, 0.15) is 6.17 Å². The van der Waals surface area contributed by atoms with Crippen LogP contribution < -0.4 is 0 Å². The second kappa shape index (κ2) is 3.61. The minimum atomic E-state index is -1.68. The minimum Gasteiger partial charge on any atom is -0.479 e. The van der Waals surface area contributed by atoms with Crippen LogP contribution in [0.4, 0.5) is 9.18 Å². The third-order valence-corrected chi connectivity index (χ3v) is 3.18. The van der Waals surface area contributed by atoms with Crippen LogP contribution in [-0.2, 0) is 4.79 Å². The van der Waals surface area contributed by atoms with Gasteiger partial charge in [-0.3, -0.25) is 4.90 Å². The molecule has 2 N–H and O–H groups in total. The number of hydrogen-bond acceptors (Lipinski definition) is 2. The summed E-state index contributed by atoms with van der Waals surface area (Å²) in [5, 5.41) is 18.2. The molecule has 1 saturated heterocycles. The van der Waals surface area contributed by atoms with Gasteiger partial charge in [-0.05, 0) is 5.41 Å². The molecule has 92 valence electrons. The van der Waals surface area contributed by atoms with Crippen LogP contribution >= 0.6 is 0 Å². The van der Waals surface area contributed by atoms with E-state index in [1.807, 2.05) is 0 Å². The molecule has 1 fully saturated rings. The molecule has 1 amide bonds. The summed E-state index contributed by atoms with van der Waals surface area (Å²) in [5.74, 6) is -1.29. The predicted molar refractivity (Wildman–Crippen MR) is 54.1 cm³/mol. The van der Waals surface area contributed by atoms with E-state index in [0.29, 0.717) is 4.90 Å². The molecule has 0 spiro atoms. The van der Waals surface area contributed by atoms with Crippen molar-refractivity contribution in [3.05, 3.63) is 0 Å². The predicted octanol–water partition coefficient (Wildman–Crippen LogP) is 1.58. The fourth-order valence-electron chi connectivity index (χ4n) is 2.33. The lowest BCUT2D eigenvalue weighted by Gasteiger charge is -2.42. The average Bonchev–Trinajstić information content (AvgIpc) is 2.42. The molecule has 1 unspecified atom stereocenters. The van der Waals surface area contributed by atoms with Gasteiger partial charge in [-0.25, -0.2) is 14.0 Å². The first-order chi connectivity index (χ1) is 7.13. The summed E-state index contributed by atoms with van der Waals surface area (Å²) in [6.45, 7) is 4.44. The Hall–Kier alpha value is -1.33. The summed E-state index contributed by atoms with van der Waals surface area (Å²) >= 11 is 0. The number of alkyl halides is 1. The summed E-state index contributed by atoms with van der Waals surface area (Å²) in [4.78, 5) is 23.1. The molecule has 1 heterocycles. The molecule has 1 rings (SSSR count). The van der Waals surface area contributed by atoms with E-state index in [9.17, 15) is 19.1 Å². The topological polar surface area (TPSA) is 77.8 Å². The fourth-order valence-corrected chi connectivity index (χ4v) is 2.33. The summed E-state index contributed by atoms with van der Waals surface area (Å²) in [6, 6.07) is 0. The number of aliphatic carboxylic acids is 1. The zero-order chi connectivity index (χ0) is 12.7. The molecule has 0 radical (unpaired) electrons. The lowest BCUT2D eigenvalue weighted by atomic mass is 9.71. The number of hydrogen-bond donors (Lipinski definition) is 2. The second-order valence-corrected chi connectivity index (χ2v) is 5.11. The molecule has 1 aliphatic heterocycles. The van der Waals surface area contributed by atoms with E-state index in [4.69, 9.17) is 5.11 Å². The van der Waals surface area contributed by atoms with Crippen molar-refractivity contribution < 1.29 is 24.2 Å². The van der Waals surface area contributed by atoms with E-state index in [-0.39, 0.29) is 13.0 Å².